The lowest BCUT2D eigenvalue weighted by atomic mass is 10.2. The molecule has 122 valence electrons. The maximum absolute atomic E-state index is 10.7. The molecule has 0 fully saturated rings. The number of aliphatic carboxylic acids is 1. The van der Waals surface area contributed by atoms with Crippen molar-refractivity contribution in [3.63, 3.8) is 0 Å². The van der Waals surface area contributed by atoms with Gasteiger partial charge in [0.25, 0.3) is 10.1 Å². The van der Waals surface area contributed by atoms with E-state index in [0.717, 1.165) is 12.2 Å². The van der Waals surface area contributed by atoms with Crippen LogP contribution in [0.25, 0.3) is 0 Å². The molecule has 0 atom stereocenters. The molecule has 0 heterocycles. The molecule has 0 aliphatic carbocycles. The van der Waals surface area contributed by atoms with Gasteiger partial charge < -0.3 is 10.8 Å². The summed E-state index contributed by atoms with van der Waals surface area (Å²) in [4.78, 5) is 18.6. The molecule has 0 saturated carbocycles. The first-order valence-corrected chi connectivity index (χ1v) is 7.28. The summed E-state index contributed by atoms with van der Waals surface area (Å²) in [6.07, 6.45) is 1.89. The fraction of sp³-hybridized carbons (Fsp3) is 0.0769. The van der Waals surface area contributed by atoms with E-state index in [0.29, 0.717) is 5.56 Å². The van der Waals surface area contributed by atoms with Gasteiger partial charge in [0.05, 0.1) is 4.90 Å². The minimum Gasteiger partial charge on any atom is -0.478 e. The molecule has 0 bridgehead atoms. The van der Waals surface area contributed by atoms with E-state index in [1.165, 1.54) is 12.1 Å². The monoisotopic (exact) mass is 349 g/mol. The van der Waals surface area contributed by atoms with Crippen LogP contribution in [0.3, 0.4) is 0 Å². The van der Waals surface area contributed by atoms with Crippen LogP contribution in [0, 0.1) is 6.92 Å². The number of rotatable bonds is 3. The molecule has 7 nitrogen and oxygen atoms in total. The van der Waals surface area contributed by atoms with Gasteiger partial charge in [-0.25, -0.2) is 4.79 Å². The van der Waals surface area contributed by atoms with Gasteiger partial charge in [-0.3, -0.25) is 9.35 Å². The zero-order valence-electron chi connectivity index (χ0n) is 11.7. The third-order valence-corrected chi connectivity index (χ3v) is 3.03. The summed E-state index contributed by atoms with van der Waals surface area (Å²) < 4.78 is 30.1. The van der Waals surface area contributed by atoms with E-state index in [2.05, 4.69) is 18.9 Å². The van der Waals surface area contributed by atoms with Gasteiger partial charge in [-0.1, -0.05) is 30.8 Å². The lowest BCUT2D eigenvalue weighted by molar-refractivity contribution is -0.131. The molecule has 0 unspecified atom stereocenters. The molecule has 4 N–H and O–H groups in total. The molecule has 0 radical (unpaired) electrons. The maximum Gasteiger partial charge on any atom is 0.327 e. The lowest BCUT2D eigenvalue weighted by Crippen LogP contribution is -2.04. The Morgan fingerprint density at radius 2 is 1.68 bits per heavy atom. The first kappa shape index (κ1) is 22.1. The molecular formula is C13H16ClNO6S. The van der Waals surface area contributed by atoms with Crippen LogP contribution in [-0.4, -0.2) is 30.0 Å². The van der Waals surface area contributed by atoms with Crippen molar-refractivity contribution in [1.82, 2.24) is 0 Å². The normalized spacial score (nSPS) is 9.23. The number of amides is 1. The molecule has 1 amide bonds. The van der Waals surface area contributed by atoms with Crippen LogP contribution >= 0.6 is 11.6 Å². The third-order valence-electron chi connectivity index (χ3n) is 1.80. The van der Waals surface area contributed by atoms with Crippen molar-refractivity contribution in [3.05, 3.63) is 54.1 Å². The van der Waals surface area contributed by atoms with Gasteiger partial charge in [-0.05, 0) is 30.7 Å². The summed E-state index contributed by atoms with van der Waals surface area (Å²) in [5, 5.41) is 7.89. The topological polar surface area (TPSA) is 135 Å². The van der Waals surface area contributed by atoms with Crippen molar-refractivity contribution in [2.45, 2.75) is 11.8 Å². The zero-order valence-corrected chi connectivity index (χ0v) is 13.3. The Morgan fingerprint density at radius 3 is 1.91 bits per heavy atom. The fourth-order valence-corrected chi connectivity index (χ4v) is 1.84. The average Bonchev–Trinajstić information content (AvgIpc) is 2.41. The van der Waals surface area contributed by atoms with Crippen LogP contribution in [0.1, 0.15) is 5.56 Å². The van der Waals surface area contributed by atoms with E-state index >= 15 is 0 Å². The summed E-state index contributed by atoms with van der Waals surface area (Å²) in [5.41, 5.74) is 5.01. The molecule has 1 aromatic rings. The quantitative estimate of drug-likeness (QED) is 0.562. The number of hydrogen-bond acceptors (Lipinski definition) is 4. The van der Waals surface area contributed by atoms with Crippen molar-refractivity contribution in [3.8, 4) is 0 Å². The highest BCUT2D eigenvalue weighted by molar-refractivity contribution is 7.85. The predicted molar refractivity (Wildman–Crippen MR) is 83.2 cm³/mol. The van der Waals surface area contributed by atoms with Crippen molar-refractivity contribution in [1.29, 1.82) is 0 Å². The maximum atomic E-state index is 10.7. The second-order valence-corrected chi connectivity index (χ2v) is 5.36. The predicted octanol–water partition coefficient (Wildman–Crippen LogP) is 1.81. The van der Waals surface area contributed by atoms with Crippen LogP contribution in [0.15, 0.2) is 48.4 Å². The van der Waals surface area contributed by atoms with Crippen molar-refractivity contribution < 1.29 is 27.7 Å². The van der Waals surface area contributed by atoms with Crippen LogP contribution in [0.5, 0.6) is 0 Å². The van der Waals surface area contributed by atoms with Crippen molar-refractivity contribution in [2.75, 3.05) is 0 Å². The zero-order chi connectivity index (χ0) is 17.9. The summed E-state index contributed by atoms with van der Waals surface area (Å²) in [7, 11) is -4.14. The molecular weight excluding hydrogens is 334 g/mol. The highest BCUT2D eigenvalue weighted by Crippen LogP contribution is 2.19. The Balaban J connectivity index is 0. The Bertz CT molecular complexity index is 636. The summed E-state index contributed by atoms with van der Waals surface area (Å²) in [6.45, 7) is 7.63. The van der Waals surface area contributed by atoms with Crippen LogP contribution < -0.4 is 5.73 Å². The first-order valence-electron chi connectivity index (χ1n) is 5.46. The Kier molecular flexibility index (Phi) is 10.6. The van der Waals surface area contributed by atoms with Crippen LogP contribution in [0.2, 0.25) is 5.02 Å². The minimum atomic E-state index is -4.14. The standard InChI is InChI=1S/C7H7ClO3S.C3H5NO.C3H4O2/c1-5-2-3-6(8)4-7(5)12(9,10)11;2*1-2-3(4)5/h2-4H,1H3,(H,9,10,11);2H,1H2,(H2,4,5);2H,1H2,(H,4,5). The first-order chi connectivity index (χ1) is 9.95. The van der Waals surface area contributed by atoms with Crippen LogP contribution in [0.4, 0.5) is 0 Å². The summed E-state index contributed by atoms with van der Waals surface area (Å²) in [5.74, 6) is -1.46. The van der Waals surface area contributed by atoms with Gasteiger partial charge in [-0.2, -0.15) is 8.42 Å². The largest absolute Gasteiger partial charge is 0.478 e. The van der Waals surface area contributed by atoms with E-state index in [4.69, 9.17) is 21.3 Å². The number of carboxylic acids is 1. The molecule has 0 saturated heterocycles. The van der Waals surface area contributed by atoms with Crippen molar-refractivity contribution >= 4 is 33.6 Å². The molecule has 1 rings (SSSR count). The number of benzene rings is 1. The van der Waals surface area contributed by atoms with E-state index in [-0.39, 0.29) is 9.92 Å². The number of carbonyl (C=O) groups excluding carboxylic acids is 1. The van der Waals surface area contributed by atoms with E-state index in [1.807, 2.05) is 0 Å². The van der Waals surface area contributed by atoms with Crippen LogP contribution in [-0.2, 0) is 19.7 Å². The number of hydrogen-bond donors (Lipinski definition) is 3. The number of carbonyl (C=O) groups is 2. The average molecular weight is 350 g/mol. The second kappa shape index (κ2) is 10.6. The number of halogens is 1. The molecule has 22 heavy (non-hydrogen) atoms. The Hall–Kier alpha value is -2.16. The molecule has 0 aliphatic heterocycles. The molecule has 0 spiro atoms. The second-order valence-electron chi connectivity index (χ2n) is 3.53. The molecule has 1 aromatic carbocycles. The molecule has 0 aliphatic rings. The summed E-state index contributed by atoms with van der Waals surface area (Å²) >= 11 is 5.55. The van der Waals surface area contributed by atoms with Gasteiger partial charge >= 0.3 is 5.97 Å². The van der Waals surface area contributed by atoms with E-state index < -0.39 is 22.0 Å². The van der Waals surface area contributed by atoms with Gasteiger partial charge in [0, 0.05) is 11.1 Å². The van der Waals surface area contributed by atoms with E-state index in [1.54, 1.807) is 13.0 Å². The summed E-state index contributed by atoms with van der Waals surface area (Å²) in [6, 6.07) is 4.31. The van der Waals surface area contributed by atoms with Gasteiger partial charge in [0.1, 0.15) is 0 Å². The highest BCUT2D eigenvalue weighted by Gasteiger charge is 2.12. The Morgan fingerprint density at radius 1 is 1.27 bits per heavy atom. The lowest BCUT2D eigenvalue weighted by Gasteiger charge is -2.01. The number of aryl methyl sites for hydroxylation is 1. The SMILES string of the molecule is C=CC(=O)O.C=CC(N)=O.Cc1ccc(Cl)cc1S(=O)(=O)O. The van der Waals surface area contributed by atoms with Gasteiger partial charge in [0.2, 0.25) is 5.91 Å². The Labute approximate surface area is 133 Å². The highest BCUT2D eigenvalue weighted by atomic mass is 35.5. The van der Waals surface area contributed by atoms with Gasteiger partial charge in [-0.15, -0.1) is 0 Å². The number of nitrogens with two attached hydrogens (primary N) is 1. The molecule has 0 aromatic heterocycles. The smallest absolute Gasteiger partial charge is 0.327 e. The number of primary amides is 1. The van der Waals surface area contributed by atoms with Crippen molar-refractivity contribution in [2.24, 2.45) is 5.73 Å². The fourth-order valence-electron chi connectivity index (χ4n) is 0.852. The third kappa shape index (κ3) is 11.6. The molecule has 9 heteroatoms. The minimum absolute atomic E-state index is 0.144. The van der Waals surface area contributed by atoms with E-state index in [9.17, 15) is 18.0 Å². The number of carboxylic acid groups (broad SMARTS) is 1. The van der Waals surface area contributed by atoms with Gasteiger partial charge in [0.15, 0.2) is 0 Å².